The SMILES string of the molecule is CC1CCCN(S(=O)(=O)NC(CC(=O)O)C(C)C)C1. The Balaban J connectivity index is 2.73. The lowest BCUT2D eigenvalue weighted by molar-refractivity contribution is -0.137. The highest BCUT2D eigenvalue weighted by Crippen LogP contribution is 2.19. The first-order valence-corrected chi connectivity index (χ1v) is 8.15. The monoisotopic (exact) mass is 292 g/mol. The largest absolute Gasteiger partial charge is 0.481 e. The highest BCUT2D eigenvalue weighted by molar-refractivity contribution is 7.87. The van der Waals surface area contributed by atoms with Gasteiger partial charge >= 0.3 is 5.97 Å². The maximum absolute atomic E-state index is 12.2. The molecular weight excluding hydrogens is 268 g/mol. The maximum Gasteiger partial charge on any atom is 0.304 e. The van der Waals surface area contributed by atoms with Crippen molar-refractivity contribution < 1.29 is 18.3 Å². The summed E-state index contributed by atoms with van der Waals surface area (Å²) in [6, 6.07) is -0.570. The fourth-order valence-corrected chi connectivity index (χ4v) is 3.94. The van der Waals surface area contributed by atoms with Crippen LogP contribution >= 0.6 is 0 Å². The summed E-state index contributed by atoms with van der Waals surface area (Å²) in [6.07, 6.45) is 1.70. The van der Waals surface area contributed by atoms with Crippen LogP contribution < -0.4 is 4.72 Å². The van der Waals surface area contributed by atoms with Crippen molar-refractivity contribution in [3.05, 3.63) is 0 Å². The summed E-state index contributed by atoms with van der Waals surface area (Å²) in [6.45, 7) is 6.67. The molecule has 2 atom stereocenters. The van der Waals surface area contributed by atoms with Crippen molar-refractivity contribution in [3.8, 4) is 0 Å². The van der Waals surface area contributed by atoms with Gasteiger partial charge in [-0.1, -0.05) is 20.8 Å². The second-order valence-electron chi connectivity index (χ2n) is 5.68. The molecule has 0 bridgehead atoms. The summed E-state index contributed by atoms with van der Waals surface area (Å²) >= 11 is 0. The molecule has 1 heterocycles. The summed E-state index contributed by atoms with van der Waals surface area (Å²) < 4.78 is 28.5. The number of carboxylic acid groups (broad SMARTS) is 1. The zero-order chi connectivity index (χ0) is 14.6. The molecule has 1 fully saturated rings. The van der Waals surface area contributed by atoms with E-state index in [1.807, 2.05) is 20.8 Å². The van der Waals surface area contributed by atoms with Crippen LogP contribution in [0.3, 0.4) is 0 Å². The Kier molecular flexibility index (Phi) is 5.76. The molecule has 1 saturated heterocycles. The fraction of sp³-hybridized carbons (Fsp3) is 0.917. The molecule has 2 unspecified atom stereocenters. The first-order chi connectivity index (χ1) is 8.72. The molecule has 1 aliphatic heterocycles. The maximum atomic E-state index is 12.2. The van der Waals surface area contributed by atoms with Crippen LogP contribution in [0.2, 0.25) is 0 Å². The number of nitrogens with one attached hydrogen (secondary N) is 1. The number of carbonyl (C=O) groups is 1. The van der Waals surface area contributed by atoms with Gasteiger partial charge in [0.15, 0.2) is 0 Å². The molecular formula is C12H24N2O4S. The molecule has 0 saturated carbocycles. The van der Waals surface area contributed by atoms with Gasteiger partial charge in [0.1, 0.15) is 0 Å². The van der Waals surface area contributed by atoms with Crippen LogP contribution in [0.15, 0.2) is 0 Å². The molecule has 112 valence electrons. The van der Waals surface area contributed by atoms with Crippen LogP contribution in [-0.2, 0) is 15.0 Å². The predicted molar refractivity (Wildman–Crippen MR) is 72.9 cm³/mol. The van der Waals surface area contributed by atoms with E-state index in [0.29, 0.717) is 19.0 Å². The number of rotatable bonds is 6. The van der Waals surface area contributed by atoms with Gasteiger partial charge in [0.25, 0.3) is 10.2 Å². The highest BCUT2D eigenvalue weighted by Gasteiger charge is 2.30. The van der Waals surface area contributed by atoms with Crippen LogP contribution in [0, 0.1) is 11.8 Å². The van der Waals surface area contributed by atoms with E-state index in [9.17, 15) is 13.2 Å². The van der Waals surface area contributed by atoms with Gasteiger partial charge in [0.05, 0.1) is 6.42 Å². The topological polar surface area (TPSA) is 86.7 Å². The second-order valence-corrected chi connectivity index (χ2v) is 7.38. The zero-order valence-corrected chi connectivity index (χ0v) is 12.6. The quantitative estimate of drug-likeness (QED) is 0.766. The Bertz CT molecular complexity index is 408. The van der Waals surface area contributed by atoms with Crippen molar-refractivity contribution in [2.24, 2.45) is 11.8 Å². The number of carboxylic acids is 1. The van der Waals surface area contributed by atoms with E-state index < -0.39 is 22.2 Å². The summed E-state index contributed by atoms with van der Waals surface area (Å²) in [5, 5.41) is 8.83. The van der Waals surface area contributed by atoms with Crippen molar-refractivity contribution >= 4 is 16.2 Å². The lowest BCUT2D eigenvalue weighted by Crippen LogP contribution is -2.50. The Morgan fingerprint density at radius 2 is 2.11 bits per heavy atom. The molecule has 0 aliphatic carbocycles. The van der Waals surface area contributed by atoms with Crippen molar-refractivity contribution in [1.29, 1.82) is 0 Å². The minimum Gasteiger partial charge on any atom is -0.481 e. The summed E-state index contributed by atoms with van der Waals surface area (Å²) in [5.74, 6) is -0.705. The molecule has 0 amide bonds. The molecule has 0 spiro atoms. The minimum atomic E-state index is -3.59. The summed E-state index contributed by atoms with van der Waals surface area (Å²) in [5.41, 5.74) is 0. The summed E-state index contributed by atoms with van der Waals surface area (Å²) in [4.78, 5) is 10.8. The van der Waals surface area contributed by atoms with E-state index in [4.69, 9.17) is 5.11 Å². The van der Waals surface area contributed by atoms with Crippen LogP contribution in [0.5, 0.6) is 0 Å². The summed E-state index contributed by atoms with van der Waals surface area (Å²) in [7, 11) is -3.59. The third kappa shape index (κ3) is 5.08. The first kappa shape index (κ1) is 16.4. The molecule has 0 aromatic heterocycles. The van der Waals surface area contributed by atoms with Gasteiger partial charge in [-0.2, -0.15) is 17.4 Å². The average Bonchev–Trinajstić information content (AvgIpc) is 2.27. The Hall–Kier alpha value is -0.660. The minimum absolute atomic E-state index is 0.0620. The van der Waals surface area contributed by atoms with Crippen molar-refractivity contribution in [1.82, 2.24) is 9.03 Å². The van der Waals surface area contributed by atoms with Gasteiger partial charge in [0, 0.05) is 19.1 Å². The van der Waals surface area contributed by atoms with Gasteiger partial charge in [-0.25, -0.2) is 0 Å². The van der Waals surface area contributed by atoms with Crippen LogP contribution in [0.4, 0.5) is 0 Å². The number of aliphatic carboxylic acids is 1. The van der Waals surface area contributed by atoms with Crippen LogP contribution in [0.1, 0.15) is 40.0 Å². The second kappa shape index (κ2) is 6.67. The van der Waals surface area contributed by atoms with Gasteiger partial charge in [-0.15, -0.1) is 0 Å². The van der Waals surface area contributed by atoms with Crippen molar-refractivity contribution in [2.75, 3.05) is 13.1 Å². The van der Waals surface area contributed by atoms with E-state index in [1.165, 1.54) is 4.31 Å². The van der Waals surface area contributed by atoms with Gasteiger partial charge in [-0.05, 0) is 24.7 Å². The molecule has 0 radical (unpaired) electrons. The molecule has 1 aliphatic rings. The first-order valence-electron chi connectivity index (χ1n) is 6.71. The number of nitrogens with zero attached hydrogens (tertiary/aromatic N) is 1. The van der Waals surface area contributed by atoms with Gasteiger partial charge < -0.3 is 5.11 Å². The van der Waals surface area contributed by atoms with E-state index in [1.54, 1.807) is 0 Å². The molecule has 7 heteroatoms. The number of hydrogen-bond acceptors (Lipinski definition) is 3. The van der Waals surface area contributed by atoms with Crippen LogP contribution in [-0.4, -0.2) is 42.9 Å². The number of piperidine rings is 1. The molecule has 6 nitrogen and oxygen atoms in total. The lowest BCUT2D eigenvalue weighted by Gasteiger charge is -2.32. The Morgan fingerprint density at radius 3 is 2.58 bits per heavy atom. The standard InChI is InChI=1S/C12H24N2O4S/c1-9(2)11(7-12(15)16)13-19(17,18)14-6-4-5-10(3)8-14/h9-11,13H,4-8H2,1-3H3,(H,15,16). The fourth-order valence-electron chi connectivity index (χ4n) is 2.23. The highest BCUT2D eigenvalue weighted by atomic mass is 32.2. The molecule has 19 heavy (non-hydrogen) atoms. The van der Waals surface area contributed by atoms with Crippen molar-refractivity contribution in [3.63, 3.8) is 0 Å². The average molecular weight is 292 g/mol. The zero-order valence-electron chi connectivity index (χ0n) is 11.8. The van der Waals surface area contributed by atoms with Crippen molar-refractivity contribution in [2.45, 2.75) is 46.1 Å². The van der Waals surface area contributed by atoms with E-state index >= 15 is 0 Å². The molecule has 0 aromatic carbocycles. The predicted octanol–water partition coefficient (Wildman–Crippen LogP) is 1.05. The Morgan fingerprint density at radius 1 is 1.47 bits per heavy atom. The molecule has 0 aromatic rings. The van der Waals surface area contributed by atoms with E-state index in [2.05, 4.69) is 4.72 Å². The third-order valence-corrected chi connectivity index (χ3v) is 5.07. The normalized spacial score (nSPS) is 23.5. The lowest BCUT2D eigenvalue weighted by atomic mass is 10.0. The number of hydrogen-bond donors (Lipinski definition) is 2. The van der Waals surface area contributed by atoms with E-state index in [-0.39, 0.29) is 12.3 Å². The molecule has 1 rings (SSSR count). The van der Waals surface area contributed by atoms with E-state index in [0.717, 1.165) is 12.8 Å². The molecule has 2 N–H and O–H groups in total. The Labute approximate surface area is 115 Å². The van der Waals surface area contributed by atoms with Crippen LogP contribution in [0.25, 0.3) is 0 Å². The smallest absolute Gasteiger partial charge is 0.304 e. The third-order valence-electron chi connectivity index (χ3n) is 3.46. The van der Waals surface area contributed by atoms with Gasteiger partial charge in [0.2, 0.25) is 0 Å². The van der Waals surface area contributed by atoms with Gasteiger partial charge in [-0.3, -0.25) is 4.79 Å².